The second kappa shape index (κ2) is 9.65. The molecule has 1 unspecified atom stereocenters. The third-order valence-electron chi connectivity index (χ3n) is 4.86. The zero-order chi connectivity index (χ0) is 19.1. The molecule has 1 atom stereocenters. The summed E-state index contributed by atoms with van der Waals surface area (Å²) in [5.41, 5.74) is 2.35. The lowest BCUT2D eigenvalue weighted by atomic mass is 10.1. The summed E-state index contributed by atoms with van der Waals surface area (Å²) in [6.07, 6.45) is 3.92. The van der Waals surface area contributed by atoms with E-state index < -0.39 is 6.10 Å². The van der Waals surface area contributed by atoms with Crippen LogP contribution in [0.4, 0.5) is 5.69 Å². The van der Waals surface area contributed by atoms with Crippen LogP contribution in [0.2, 0.25) is 5.02 Å². The molecule has 0 spiro atoms. The van der Waals surface area contributed by atoms with Gasteiger partial charge in [-0.1, -0.05) is 36.7 Å². The summed E-state index contributed by atoms with van der Waals surface area (Å²) in [6.45, 7) is 4.70. The summed E-state index contributed by atoms with van der Waals surface area (Å²) in [5, 5.41) is 3.57. The SMILES string of the molecule is CCC(Oc1cccc(Cl)c1)C(=O)NCc1ccc(N2CCCCC2)cc1. The lowest BCUT2D eigenvalue weighted by molar-refractivity contribution is -0.128. The van der Waals surface area contributed by atoms with Crippen molar-refractivity contribution in [2.45, 2.75) is 45.3 Å². The number of ether oxygens (including phenoxy) is 1. The molecule has 1 amide bonds. The number of rotatable bonds is 7. The molecule has 0 aliphatic carbocycles. The number of amides is 1. The molecule has 1 fully saturated rings. The van der Waals surface area contributed by atoms with Crippen LogP contribution in [0, 0.1) is 0 Å². The van der Waals surface area contributed by atoms with Crippen LogP contribution in [-0.2, 0) is 11.3 Å². The molecule has 0 aromatic heterocycles. The minimum atomic E-state index is -0.531. The van der Waals surface area contributed by atoms with Gasteiger partial charge in [-0.25, -0.2) is 0 Å². The van der Waals surface area contributed by atoms with Gasteiger partial charge in [-0.05, 0) is 61.6 Å². The molecule has 1 heterocycles. The summed E-state index contributed by atoms with van der Waals surface area (Å²) in [6, 6.07) is 15.6. The van der Waals surface area contributed by atoms with Crippen molar-refractivity contribution in [1.29, 1.82) is 0 Å². The highest BCUT2D eigenvalue weighted by atomic mass is 35.5. The topological polar surface area (TPSA) is 41.6 Å². The second-order valence-corrected chi connectivity index (χ2v) is 7.34. The van der Waals surface area contributed by atoms with Crippen LogP contribution in [0.15, 0.2) is 48.5 Å². The van der Waals surface area contributed by atoms with Crippen LogP contribution in [0.5, 0.6) is 5.75 Å². The summed E-state index contributed by atoms with van der Waals surface area (Å²) >= 11 is 5.98. The fourth-order valence-corrected chi connectivity index (χ4v) is 3.49. The maximum absolute atomic E-state index is 12.5. The molecule has 0 saturated carbocycles. The number of carbonyl (C=O) groups is 1. The van der Waals surface area contributed by atoms with Crippen molar-refractivity contribution in [3.63, 3.8) is 0 Å². The van der Waals surface area contributed by atoms with Crippen LogP contribution in [0.3, 0.4) is 0 Å². The zero-order valence-corrected chi connectivity index (χ0v) is 16.5. The molecule has 2 aromatic rings. The quantitative estimate of drug-likeness (QED) is 0.742. The molecule has 144 valence electrons. The van der Waals surface area contributed by atoms with E-state index in [0.29, 0.717) is 23.7 Å². The Bertz CT molecular complexity index is 742. The molecule has 3 rings (SSSR count). The number of nitrogens with zero attached hydrogens (tertiary/aromatic N) is 1. The number of nitrogens with one attached hydrogen (secondary N) is 1. The van der Waals surface area contributed by atoms with Gasteiger partial charge in [0.1, 0.15) is 5.75 Å². The molecule has 0 bridgehead atoms. The zero-order valence-electron chi connectivity index (χ0n) is 15.8. The highest BCUT2D eigenvalue weighted by molar-refractivity contribution is 6.30. The third kappa shape index (κ3) is 5.64. The number of halogens is 1. The number of carbonyl (C=O) groups excluding carboxylic acids is 1. The van der Waals surface area contributed by atoms with Gasteiger partial charge in [0.05, 0.1) is 0 Å². The number of anilines is 1. The van der Waals surface area contributed by atoms with Crippen LogP contribution in [0.25, 0.3) is 0 Å². The van der Waals surface area contributed by atoms with Gasteiger partial charge in [-0.2, -0.15) is 0 Å². The van der Waals surface area contributed by atoms with Gasteiger partial charge in [0, 0.05) is 30.3 Å². The first-order valence-corrected chi connectivity index (χ1v) is 10.1. The van der Waals surface area contributed by atoms with Crippen molar-refractivity contribution < 1.29 is 9.53 Å². The van der Waals surface area contributed by atoms with E-state index >= 15 is 0 Å². The van der Waals surface area contributed by atoms with Crippen LogP contribution < -0.4 is 15.0 Å². The molecule has 0 radical (unpaired) electrons. The van der Waals surface area contributed by atoms with Crippen molar-refractivity contribution in [1.82, 2.24) is 5.32 Å². The number of piperidine rings is 1. The number of benzene rings is 2. The molecular formula is C22H27ClN2O2. The van der Waals surface area contributed by atoms with Gasteiger partial charge in [0.15, 0.2) is 6.10 Å². The second-order valence-electron chi connectivity index (χ2n) is 6.90. The molecule has 1 aliphatic heterocycles. The number of hydrogen-bond donors (Lipinski definition) is 1. The highest BCUT2D eigenvalue weighted by Gasteiger charge is 2.18. The normalized spacial score (nSPS) is 15.3. The van der Waals surface area contributed by atoms with Gasteiger partial charge < -0.3 is 15.0 Å². The van der Waals surface area contributed by atoms with Gasteiger partial charge in [0.2, 0.25) is 0 Å². The lowest BCUT2D eigenvalue weighted by Gasteiger charge is -2.28. The molecule has 5 heteroatoms. The van der Waals surface area contributed by atoms with E-state index in [4.69, 9.17) is 16.3 Å². The smallest absolute Gasteiger partial charge is 0.261 e. The third-order valence-corrected chi connectivity index (χ3v) is 5.10. The molecule has 2 aromatic carbocycles. The monoisotopic (exact) mass is 386 g/mol. The van der Waals surface area contributed by atoms with E-state index in [1.54, 1.807) is 18.2 Å². The van der Waals surface area contributed by atoms with Crippen molar-refractivity contribution in [3.8, 4) is 5.75 Å². The first-order chi connectivity index (χ1) is 13.2. The standard InChI is InChI=1S/C22H27ClN2O2/c1-2-21(27-20-8-6-7-18(23)15-20)22(26)24-16-17-9-11-19(12-10-17)25-13-4-3-5-14-25/h6-12,15,21H,2-5,13-14,16H2,1H3,(H,24,26). The predicted octanol–water partition coefficient (Wildman–Crippen LogP) is 4.80. The van der Waals surface area contributed by atoms with Gasteiger partial charge in [0.25, 0.3) is 5.91 Å². The first-order valence-electron chi connectivity index (χ1n) is 9.69. The minimum absolute atomic E-state index is 0.113. The molecule has 1 aliphatic rings. The Labute approximate surface area is 166 Å². The van der Waals surface area contributed by atoms with E-state index in [2.05, 4.69) is 34.5 Å². The average molecular weight is 387 g/mol. The maximum atomic E-state index is 12.5. The van der Waals surface area contributed by atoms with Crippen LogP contribution in [-0.4, -0.2) is 25.1 Å². The first kappa shape index (κ1) is 19.6. The van der Waals surface area contributed by atoms with Crippen LogP contribution in [0.1, 0.15) is 38.2 Å². The lowest BCUT2D eigenvalue weighted by Crippen LogP contribution is -2.37. The Morgan fingerprint density at radius 2 is 1.89 bits per heavy atom. The molecule has 1 saturated heterocycles. The summed E-state index contributed by atoms with van der Waals surface area (Å²) in [7, 11) is 0. The van der Waals surface area contributed by atoms with Crippen LogP contribution >= 0.6 is 11.6 Å². The average Bonchev–Trinajstić information content (AvgIpc) is 2.71. The van der Waals surface area contributed by atoms with E-state index in [1.807, 2.05) is 13.0 Å². The molecular weight excluding hydrogens is 360 g/mol. The van der Waals surface area contributed by atoms with Crippen molar-refractivity contribution in [2.24, 2.45) is 0 Å². The predicted molar refractivity (Wildman–Crippen MR) is 111 cm³/mol. The fourth-order valence-electron chi connectivity index (χ4n) is 3.31. The Kier molecular flexibility index (Phi) is 6.99. The van der Waals surface area contributed by atoms with Crippen molar-refractivity contribution >= 4 is 23.2 Å². The largest absolute Gasteiger partial charge is 0.481 e. The van der Waals surface area contributed by atoms with E-state index in [9.17, 15) is 4.79 Å². The summed E-state index contributed by atoms with van der Waals surface area (Å²) in [4.78, 5) is 14.9. The molecule has 4 nitrogen and oxygen atoms in total. The van der Waals surface area contributed by atoms with Crippen molar-refractivity contribution in [3.05, 3.63) is 59.1 Å². The Morgan fingerprint density at radius 1 is 1.15 bits per heavy atom. The number of hydrogen-bond acceptors (Lipinski definition) is 3. The van der Waals surface area contributed by atoms with Gasteiger partial charge >= 0.3 is 0 Å². The molecule has 27 heavy (non-hydrogen) atoms. The Hall–Kier alpha value is -2.20. The van der Waals surface area contributed by atoms with Gasteiger partial charge in [-0.15, -0.1) is 0 Å². The van der Waals surface area contributed by atoms with E-state index in [1.165, 1.54) is 24.9 Å². The molecule has 1 N–H and O–H groups in total. The van der Waals surface area contributed by atoms with E-state index in [-0.39, 0.29) is 5.91 Å². The van der Waals surface area contributed by atoms with Crippen molar-refractivity contribution in [2.75, 3.05) is 18.0 Å². The maximum Gasteiger partial charge on any atom is 0.261 e. The summed E-state index contributed by atoms with van der Waals surface area (Å²) < 4.78 is 5.79. The summed E-state index contributed by atoms with van der Waals surface area (Å²) in [5.74, 6) is 0.493. The fraction of sp³-hybridized carbons (Fsp3) is 0.409. The van der Waals surface area contributed by atoms with E-state index in [0.717, 1.165) is 18.7 Å². The van der Waals surface area contributed by atoms with Gasteiger partial charge in [-0.3, -0.25) is 4.79 Å². The minimum Gasteiger partial charge on any atom is -0.481 e. The Balaban J connectivity index is 1.52. The Morgan fingerprint density at radius 3 is 2.56 bits per heavy atom. The highest BCUT2D eigenvalue weighted by Crippen LogP contribution is 2.21.